The van der Waals surface area contributed by atoms with E-state index in [2.05, 4.69) is 44.7 Å². The topological polar surface area (TPSA) is 38.7 Å². The molecule has 2 heterocycles. The zero-order valence-electron chi connectivity index (χ0n) is 8.44. The molecule has 2 rings (SSSR count). The van der Waals surface area contributed by atoms with Gasteiger partial charge in [0.05, 0.1) is 0 Å². The maximum absolute atomic E-state index is 4.31. The molecule has 0 spiro atoms. The lowest BCUT2D eigenvalue weighted by Gasteiger charge is -2.02. The highest BCUT2D eigenvalue weighted by atomic mass is 79.9. The molecule has 0 saturated heterocycles. The minimum atomic E-state index is 0.363. The molecule has 0 amide bonds. The van der Waals surface area contributed by atoms with Crippen LogP contribution in [0.25, 0.3) is 10.6 Å². The first-order valence-corrected chi connectivity index (χ1v) is 6.27. The largest absolute Gasteiger partial charge is 0.240 e. The molecule has 15 heavy (non-hydrogen) atoms. The van der Waals surface area contributed by atoms with Crippen LogP contribution in [0.5, 0.6) is 0 Å². The zero-order valence-corrected chi connectivity index (χ0v) is 10.8. The van der Waals surface area contributed by atoms with Gasteiger partial charge in [0.1, 0.15) is 15.4 Å². The van der Waals surface area contributed by atoms with Gasteiger partial charge in [-0.25, -0.2) is 15.0 Å². The van der Waals surface area contributed by atoms with Crippen LogP contribution >= 0.6 is 27.3 Å². The number of hydrogen-bond acceptors (Lipinski definition) is 4. The minimum absolute atomic E-state index is 0.363. The third-order valence-electron chi connectivity index (χ3n) is 1.91. The Balaban J connectivity index is 2.31. The molecular weight excluding hydrogens is 274 g/mol. The summed E-state index contributed by atoms with van der Waals surface area (Å²) in [6, 6.07) is 0. The monoisotopic (exact) mass is 283 g/mol. The molecule has 0 fully saturated rings. The molecule has 0 atom stereocenters. The summed E-state index contributed by atoms with van der Waals surface area (Å²) in [5.41, 5.74) is 0.968. The second-order valence-electron chi connectivity index (χ2n) is 3.46. The Bertz CT molecular complexity index is 450. The van der Waals surface area contributed by atoms with Crippen LogP contribution in [0.2, 0.25) is 0 Å². The predicted octanol–water partition coefficient (Wildman–Crippen LogP) is 3.49. The van der Waals surface area contributed by atoms with E-state index in [0.717, 1.165) is 21.0 Å². The Labute approximate surface area is 101 Å². The number of rotatable bonds is 2. The van der Waals surface area contributed by atoms with Crippen LogP contribution < -0.4 is 0 Å². The standard InChI is InChI=1S/C10H10BrN3S/c1-6(2)9-12-3-7(4-13-9)10-14-8(11)5-15-10/h3-6H,1-2H3. The summed E-state index contributed by atoms with van der Waals surface area (Å²) in [5, 5.41) is 2.89. The number of aromatic nitrogens is 3. The molecular formula is C10H10BrN3S. The molecule has 0 unspecified atom stereocenters. The minimum Gasteiger partial charge on any atom is -0.240 e. The quantitative estimate of drug-likeness (QED) is 0.847. The Kier molecular flexibility index (Phi) is 3.11. The number of halogens is 1. The highest BCUT2D eigenvalue weighted by Crippen LogP contribution is 2.25. The van der Waals surface area contributed by atoms with Gasteiger partial charge in [0.2, 0.25) is 0 Å². The first-order chi connectivity index (χ1) is 7.16. The average Bonchev–Trinajstić information content (AvgIpc) is 2.65. The molecule has 0 aliphatic carbocycles. The lowest BCUT2D eigenvalue weighted by molar-refractivity contribution is 0.774. The van der Waals surface area contributed by atoms with Crippen molar-refractivity contribution in [2.45, 2.75) is 19.8 Å². The van der Waals surface area contributed by atoms with Crippen LogP contribution in [-0.2, 0) is 0 Å². The predicted molar refractivity (Wildman–Crippen MR) is 64.9 cm³/mol. The lowest BCUT2D eigenvalue weighted by Crippen LogP contribution is -1.96. The SMILES string of the molecule is CC(C)c1ncc(-c2nc(Br)cs2)cn1. The molecule has 78 valence electrons. The Morgan fingerprint density at radius 3 is 2.40 bits per heavy atom. The van der Waals surface area contributed by atoms with E-state index in [1.54, 1.807) is 11.3 Å². The van der Waals surface area contributed by atoms with Crippen molar-refractivity contribution in [1.82, 2.24) is 15.0 Å². The number of nitrogens with zero attached hydrogens (tertiary/aromatic N) is 3. The van der Waals surface area contributed by atoms with Gasteiger partial charge in [-0.3, -0.25) is 0 Å². The van der Waals surface area contributed by atoms with Crippen LogP contribution in [0.1, 0.15) is 25.6 Å². The van der Waals surface area contributed by atoms with Crippen LogP contribution in [-0.4, -0.2) is 15.0 Å². The molecule has 0 bridgehead atoms. The Morgan fingerprint density at radius 1 is 1.27 bits per heavy atom. The molecule has 0 saturated carbocycles. The van der Waals surface area contributed by atoms with Gasteiger partial charge in [0, 0.05) is 29.3 Å². The van der Waals surface area contributed by atoms with Crippen molar-refractivity contribution in [3.8, 4) is 10.6 Å². The highest BCUT2D eigenvalue weighted by Gasteiger charge is 2.06. The normalized spacial score (nSPS) is 10.9. The van der Waals surface area contributed by atoms with Crippen LogP contribution in [0.15, 0.2) is 22.4 Å². The lowest BCUT2D eigenvalue weighted by atomic mass is 10.2. The van der Waals surface area contributed by atoms with Crippen molar-refractivity contribution >= 4 is 27.3 Å². The third kappa shape index (κ3) is 2.41. The second-order valence-corrected chi connectivity index (χ2v) is 5.13. The van der Waals surface area contributed by atoms with Gasteiger partial charge in [-0.05, 0) is 15.9 Å². The third-order valence-corrected chi connectivity index (χ3v) is 3.51. The van der Waals surface area contributed by atoms with Crippen LogP contribution in [0, 0.1) is 0 Å². The summed E-state index contributed by atoms with van der Waals surface area (Å²) in [6.45, 7) is 4.16. The average molecular weight is 284 g/mol. The van der Waals surface area contributed by atoms with Crippen molar-refractivity contribution in [1.29, 1.82) is 0 Å². The maximum Gasteiger partial charge on any atom is 0.130 e. The highest BCUT2D eigenvalue weighted by molar-refractivity contribution is 9.10. The summed E-state index contributed by atoms with van der Waals surface area (Å²) in [7, 11) is 0. The molecule has 0 aliphatic heterocycles. The van der Waals surface area contributed by atoms with Gasteiger partial charge in [0.15, 0.2) is 0 Å². The van der Waals surface area contributed by atoms with Crippen molar-refractivity contribution in [3.05, 3.63) is 28.2 Å². The summed E-state index contributed by atoms with van der Waals surface area (Å²) in [4.78, 5) is 12.9. The summed E-state index contributed by atoms with van der Waals surface area (Å²) < 4.78 is 0.857. The molecule has 2 aromatic heterocycles. The summed E-state index contributed by atoms with van der Waals surface area (Å²) in [5.74, 6) is 1.23. The van der Waals surface area contributed by atoms with E-state index in [1.807, 2.05) is 17.8 Å². The van der Waals surface area contributed by atoms with Crippen LogP contribution in [0.4, 0.5) is 0 Å². The smallest absolute Gasteiger partial charge is 0.130 e. The van der Waals surface area contributed by atoms with Gasteiger partial charge in [-0.2, -0.15) is 0 Å². The van der Waals surface area contributed by atoms with E-state index in [-0.39, 0.29) is 0 Å². The van der Waals surface area contributed by atoms with E-state index in [4.69, 9.17) is 0 Å². The molecule has 0 radical (unpaired) electrons. The van der Waals surface area contributed by atoms with E-state index < -0.39 is 0 Å². The van der Waals surface area contributed by atoms with Crippen molar-refractivity contribution in [2.75, 3.05) is 0 Å². The van der Waals surface area contributed by atoms with Crippen LogP contribution in [0.3, 0.4) is 0 Å². The maximum atomic E-state index is 4.31. The fraction of sp³-hybridized carbons (Fsp3) is 0.300. The van der Waals surface area contributed by atoms with Crippen molar-refractivity contribution < 1.29 is 0 Å². The summed E-state index contributed by atoms with van der Waals surface area (Å²) in [6.07, 6.45) is 3.65. The van der Waals surface area contributed by atoms with Gasteiger partial charge < -0.3 is 0 Å². The first kappa shape index (κ1) is 10.7. The summed E-state index contributed by atoms with van der Waals surface area (Å²) >= 11 is 4.90. The number of thiazole rings is 1. The molecule has 2 aromatic rings. The van der Waals surface area contributed by atoms with Crippen molar-refractivity contribution in [3.63, 3.8) is 0 Å². The van der Waals surface area contributed by atoms with Crippen molar-refractivity contribution in [2.24, 2.45) is 0 Å². The molecule has 0 aliphatic rings. The van der Waals surface area contributed by atoms with E-state index in [0.29, 0.717) is 5.92 Å². The van der Waals surface area contributed by atoms with Gasteiger partial charge in [0.25, 0.3) is 0 Å². The molecule has 3 nitrogen and oxygen atoms in total. The van der Waals surface area contributed by atoms with Gasteiger partial charge in [-0.15, -0.1) is 11.3 Å². The molecule has 0 aromatic carbocycles. The van der Waals surface area contributed by atoms with Gasteiger partial charge in [-0.1, -0.05) is 13.8 Å². The van der Waals surface area contributed by atoms with E-state index in [1.165, 1.54) is 0 Å². The zero-order chi connectivity index (χ0) is 10.8. The second kappa shape index (κ2) is 4.37. The van der Waals surface area contributed by atoms with Gasteiger partial charge >= 0.3 is 0 Å². The Hall–Kier alpha value is -0.810. The Morgan fingerprint density at radius 2 is 1.93 bits per heavy atom. The molecule has 5 heteroatoms. The van der Waals surface area contributed by atoms with E-state index >= 15 is 0 Å². The fourth-order valence-corrected chi connectivity index (χ4v) is 2.36. The molecule has 0 N–H and O–H groups in total. The fourth-order valence-electron chi connectivity index (χ4n) is 1.13. The first-order valence-electron chi connectivity index (χ1n) is 4.60. The van der Waals surface area contributed by atoms with E-state index in [9.17, 15) is 0 Å². The number of hydrogen-bond donors (Lipinski definition) is 0.